The summed E-state index contributed by atoms with van der Waals surface area (Å²) in [6.45, 7) is 2.76. The molecule has 2 atom stereocenters. The van der Waals surface area contributed by atoms with Gasteiger partial charge in [0.2, 0.25) is 5.91 Å². The number of rotatable bonds is 7. The Kier molecular flexibility index (Phi) is 6.15. The van der Waals surface area contributed by atoms with Crippen molar-refractivity contribution in [3.8, 4) is 11.5 Å². The van der Waals surface area contributed by atoms with E-state index < -0.39 is 0 Å². The fraction of sp³-hybridized carbons (Fsp3) is 0.632. The first kappa shape index (κ1) is 18.0. The molecule has 0 radical (unpaired) electrons. The maximum absolute atomic E-state index is 12.3. The fourth-order valence-electron chi connectivity index (χ4n) is 3.73. The summed E-state index contributed by atoms with van der Waals surface area (Å²) in [5, 5.41) is 3.01. The van der Waals surface area contributed by atoms with Crippen LogP contribution in [0.2, 0.25) is 0 Å². The molecular weight excluding hydrogens is 320 g/mol. The van der Waals surface area contributed by atoms with E-state index in [-0.39, 0.29) is 18.1 Å². The topological polar surface area (TPSA) is 60.0 Å². The van der Waals surface area contributed by atoms with Crippen LogP contribution in [0.25, 0.3) is 0 Å². The van der Waals surface area contributed by atoms with E-state index in [1.54, 1.807) is 14.2 Å². The number of nitrogens with one attached hydrogen (secondary N) is 1. The predicted molar refractivity (Wildman–Crippen MR) is 95.1 cm³/mol. The smallest absolute Gasteiger partial charge is 0.234 e. The van der Waals surface area contributed by atoms with Crippen molar-refractivity contribution in [3.05, 3.63) is 23.8 Å². The lowest BCUT2D eigenvalue weighted by atomic mass is 10.0. The lowest BCUT2D eigenvalue weighted by molar-refractivity contribution is -0.123. The first-order valence-corrected chi connectivity index (χ1v) is 9.05. The highest BCUT2D eigenvalue weighted by molar-refractivity contribution is 5.78. The quantitative estimate of drug-likeness (QED) is 0.818. The van der Waals surface area contributed by atoms with Crippen molar-refractivity contribution in [3.63, 3.8) is 0 Å². The Bertz CT molecular complexity index is 587. The molecule has 6 heteroatoms. The van der Waals surface area contributed by atoms with Crippen molar-refractivity contribution < 1.29 is 19.0 Å². The van der Waals surface area contributed by atoms with Gasteiger partial charge in [-0.15, -0.1) is 0 Å². The molecule has 3 rings (SSSR count). The molecule has 0 spiro atoms. The number of carbonyl (C=O) groups excluding carboxylic acids is 1. The van der Waals surface area contributed by atoms with Crippen LogP contribution in [0.1, 0.15) is 37.3 Å². The summed E-state index contributed by atoms with van der Waals surface area (Å²) in [6.07, 6.45) is 4.42. The molecule has 0 saturated carbocycles. The van der Waals surface area contributed by atoms with Crippen LogP contribution >= 0.6 is 0 Å². The molecule has 2 heterocycles. The van der Waals surface area contributed by atoms with Crippen LogP contribution in [0, 0.1) is 0 Å². The number of likely N-dealkylation sites (tertiary alicyclic amines) is 1. The number of carbonyl (C=O) groups is 1. The highest BCUT2D eigenvalue weighted by Gasteiger charge is 2.30. The van der Waals surface area contributed by atoms with Gasteiger partial charge in [0.15, 0.2) is 0 Å². The molecule has 2 saturated heterocycles. The number of hydrogen-bond donors (Lipinski definition) is 1. The van der Waals surface area contributed by atoms with Gasteiger partial charge in [-0.3, -0.25) is 9.69 Å². The third-order valence-electron chi connectivity index (χ3n) is 5.06. The molecule has 1 aromatic rings. The molecule has 1 amide bonds. The second kappa shape index (κ2) is 8.54. The fourth-order valence-corrected chi connectivity index (χ4v) is 3.73. The van der Waals surface area contributed by atoms with Crippen LogP contribution < -0.4 is 14.8 Å². The monoisotopic (exact) mass is 348 g/mol. The predicted octanol–water partition coefficient (Wildman–Crippen LogP) is 2.14. The minimum Gasteiger partial charge on any atom is -0.497 e. The second-order valence-corrected chi connectivity index (χ2v) is 6.68. The van der Waals surface area contributed by atoms with E-state index in [0.717, 1.165) is 55.9 Å². The third-order valence-corrected chi connectivity index (χ3v) is 5.06. The molecule has 2 fully saturated rings. The minimum atomic E-state index is 0.0647. The molecule has 2 aliphatic rings. The Morgan fingerprint density at radius 1 is 1.28 bits per heavy atom. The van der Waals surface area contributed by atoms with Crippen LogP contribution in [0.15, 0.2) is 18.2 Å². The summed E-state index contributed by atoms with van der Waals surface area (Å²) in [5.41, 5.74) is 1.12. The number of nitrogens with zero attached hydrogens (tertiary/aromatic N) is 1. The summed E-state index contributed by atoms with van der Waals surface area (Å²) in [5.74, 6) is 1.66. The van der Waals surface area contributed by atoms with Crippen LogP contribution in [0.4, 0.5) is 0 Å². The molecule has 0 bridgehead atoms. The van der Waals surface area contributed by atoms with E-state index in [4.69, 9.17) is 14.2 Å². The molecule has 6 nitrogen and oxygen atoms in total. The van der Waals surface area contributed by atoms with Gasteiger partial charge in [-0.2, -0.15) is 0 Å². The first-order valence-electron chi connectivity index (χ1n) is 9.05. The Labute approximate surface area is 149 Å². The molecule has 1 N–H and O–H groups in total. The van der Waals surface area contributed by atoms with E-state index in [1.807, 2.05) is 18.2 Å². The SMILES string of the molecule is COc1ccc([C@@H]2CCCN2CC(=O)NC[C@H]2CCCO2)c(OC)c1. The summed E-state index contributed by atoms with van der Waals surface area (Å²) in [4.78, 5) is 14.6. The Balaban J connectivity index is 1.61. The molecule has 1 aromatic carbocycles. The Morgan fingerprint density at radius 2 is 2.16 bits per heavy atom. The summed E-state index contributed by atoms with van der Waals surface area (Å²) in [7, 11) is 3.32. The van der Waals surface area contributed by atoms with Gasteiger partial charge in [-0.25, -0.2) is 0 Å². The average Bonchev–Trinajstić information content (AvgIpc) is 3.31. The Hall–Kier alpha value is -1.79. The van der Waals surface area contributed by atoms with Crippen molar-refractivity contribution in [2.75, 3.05) is 40.5 Å². The molecule has 2 aliphatic heterocycles. The molecular formula is C19H28N2O4. The zero-order chi connectivity index (χ0) is 17.6. The van der Waals surface area contributed by atoms with Crippen LogP contribution in [-0.4, -0.2) is 57.4 Å². The maximum atomic E-state index is 12.3. The van der Waals surface area contributed by atoms with E-state index >= 15 is 0 Å². The zero-order valence-electron chi connectivity index (χ0n) is 15.1. The van der Waals surface area contributed by atoms with Crippen LogP contribution in [0.5, 0.6) is 11.5 Å². The van der Waals surface area contributed by atoms with Crippen molar-refractivity contribution in [1.82, 2.24) is 10.2 Å². The maximum Gasteiger partial charge on any atom is 0.234 e. The molecule has 138 valence electrons. The molecule has 0 unspecified atom stereocenters. The average molecular weight is 348 g/mol. The number of benzene rings is 1. The van der Waals surface area contributed by atoms with Gasteiger partial charge in [-0.1, -0.05) is 6.07 Å². The van der Waals surface area contributed by atoms with Gasteiger partial charge in [0.1, 0.15) is 11.5 Å². The van der Waals surface area contributed by atoms with Gasteiger partial charge in [0.25, 0.3) is 0 Å². The second-order valence-electron chi connectivity index (χ2n) is 6.68. The summed E-state index contributed by atoms with van der Waals surface area (Å²) < 4.78 is 16.4. The lowest BCUT2D eigenvalue weighted by Crippen LogP contribution is -2.40. The highest BCUT2D eigenvalue weighted by Crippen LogP contribution is 2.38. The summed E-state index contributed by atoms with van der Waals surface area (Å²) in [6, 6.07) is 6.11. The van der Waals surface area contributed by atoms with Gasteiger partial charge >= 0.3 is 0 Å². The van der Waals surface area contributed by atoms with Crippen molar-refractivity contribution >= 4 is 5.91 Å². The van der Waals surface area contributed by atoms with E-state index in [1.165, 1.54) is 0 Å². The van der Waals surface area contributed by atoms with E-state index in [0.29, 0.717) is 13.1 Å². The van der Waals surface area contributed by atoms with Gasteiger partial charge in [0, 0.05) is 30.8 Å². The van der Waals surface area contributed by atoms with Crippen molar-refractivity contribution in [2.24, 2.45) is 0 Å². The van der Waals surface area contributed by atoms with Crippen molar-refractivity contribution in [2.45, 2.75) is 37.8 Å². The largest absolute Gasteiger partial charge is 0.497 e. The normalized spacial score (nSPS) is 23.6. The third kappa shape index (κ3) is 4.44. The van der Waals surface area contributed by atoms with Crippen molar-refractivity contribution in [1.29, 1.82) is 0 Å². The zero-order valence-corrected chi connectivity index (χ0v) is 15.1. The van der Waals surface area contributed by atoms with Gasteiger partial charge in [-0.05, 0) is 38.3 Å². The molecule has 0 aliphatic carbocycles. The van der Waals surface area contributed by atoms with Crippen LogP contribution in [0.3, 0.4) is 0 Å². The molecule has 25 heavy (non-hydrogen) atoms. The Morgan fingerprint density at radius 3 is 2.88 bits per heavy atom. The molecule has 0 aromatic heterocycles. The van der Waals surface area contributed by atoms with E-state index in [2.05, 4.69) is 10.2 Å². The lowest BCUT2D eigenvalue weighted by Gasteiger charge is -2.26. The van der Waals surface area contributed by atoms with Gasteiger partial charge in [0.05, 0.1) is 26.9 Å². The number of ether oxygens (including phenoxy) is 3. The number of amides is 1. The minimum absolute atomic E-state index is 0.0647. The first-order chi connectivity index (χ1) is 12.2. The number of methoxy groups -OCH3 is 2. The number of hydrogen-bond acceptors (Lipinski definition) is 5. The van der Waals surface area contributed by atoms with Gasteiger partial charge < -0.3 is 19.5 Å². The standard InChI is InChI=1S/C19H28N2O4/c1-23-14-7-8-16(18(11-14)24-2)17-6-3-9-21(17)13-19(22)20-12-15-5-4-10-25-15/h7-8,11,15,17H,3-6,9-10,12-13H2,1-2H3,(H,20,22)/t15-,17+/m1/s1. The van der Waals surface area contributed by atoms with E-state index in [9.17, 15) is 4.79 Å². The summed E-state index contributed by atoms with van der Waals surface area (Å²) >= 11 is 0. The highest BCUT2D eigenvalue weighted by atomic mass is 16.5. The van der Waals surface area contributed by atoms with Crippen LogP contribution in [-0.2, 0) is 9.53 Å².